The third kappa shape index (κ3) is 3.25. The number of benzene rings is 1. The van der Waals surface area contributed by atoms with Crippen LogP contribution in [0, 0.1) is 0 Å². The van der Waals surface area contributed by atoms with E-state index in [0.717, 1.165) is 12.5 Å². The van der Waals surface area contributed by atoms with Crippen LogP contribution in [-0.4, -0.2) is 18.2 Å². The van der Waals surface area contributed by atoms with Crippen LogP contribution in [0.1, 0.15) is 13.3 Å². The van der Waals surface area contributed by atoms with Gasteiger partial charge in [-0.2, -0.15) is 8.42 Å². The predicted molar refractivity (Wildman–Crippen MR) is 58.4 cm³/mol. The number of hydrogen-bond acceptors (Lipinski definition) is 3. The first-order chi connectivity index (χ1) is 6.67. The fraction of sp³-hybridized carbons (Fsp3) is 0.333. The molecular formula is C9H14O3SSi. The highest BCUT2D eigenvalue weighted by atomic mass is 32.2. The lowest BCUT2D eigenvalue weighted by atomic mass is 10.4. The van der Waals surface area contributed by atoms with Crippen molar-refractivity contribution in [3.05, 3.63) is 30.3 Å². The minimum atomic E-state index is -3.47. The van der Waals surface area contributed by atoms with Gasteiger partial charge in [0.25, 0.3) is 10.1 Å². The first-order valence-corrected chi connectivity index (χ1v) is 7.60. The number of rotatable bonds is 5. The Hall–Kier alpha value is -0.653. The van der Waals surface area contributed by atoms with E-state index >= 15 is 0 Å². The minimum absolute atomic E-state index is 0.253. The molecule has 0 radical (unpaired) electrons. The summed E-state index contributed by atoms with van der Waals surface area (Å²) in [5, 5.41) is 0. The standard InChI is InChI=1S/C9H14O3SSi/c1-2-8-14-12-13(10,11)9-6-4-3-5-7-9/h3-7H,2,8,14H2,1H3. The lowest BCUT2D eigenvalue weighted by Gasteiger charge is -2.03. The van der Waals surface area contributed by atoms with Crippen molar-refractivity contribution in [3.63, 3.8) is 0 Å². The molecule has 0 saturated heterocycles. The third-order valence-electron chi connectivity index (χ3n) is 1.77. The van der Waals surface area contributed by atoms with Crippen LogP contribution in [0.15, 0.2) is 35.2 Å². The Bertz CT molecular complexity index is 361. The van der Waals surface area contributed by atoms with Crippen LogP contribution in [0.3, 0.4) is 0 Å². The lowest BCUT2D eigenvalue weighted by molar-refractivity contribution is 0.499. The molecule has 0 unspecified atom stereocenters. The first kappa shape index (κ1) is 11.4. The van der Waals surface area contributed by atoms with Crippen LogP contribution in [0.2, 0.25) is 6.04 Å². The molecule has 0 atom stereocenters. The summed E-state index contributed by atoms with van der Waals surface area (Å²) in [7, 11) is -4.40. The quantitative estimate of drug-likeness (QED) is 0.566. The van der Waals surface area contributed by atoms with E-state index in [1.165, 1.54) is 0 Å². The van der Waals surface area contributed by atoms with Crippen molar-refractivity contribution in [1.82, 2.24) is 0 Å². The molecule has 78 valence electrons. The van der Waals surface area contributed by atoms with Crippen molar-refractivity contribution >= 4 is 19.9 Å². The molecular weight excluding hydrogens is 216 g/mol. The second-order valence-electron chi connectivity index (χ2n) is 2.94. The van der Waals surface area contributed by atoms with Crippen molar-refractivity contribution in [2.75, 3.05) is 0 Å². The highest BCUT2D eigenvalue weighted by Crippen LogP contribution is 2.10. The van der Waals surface area contributed by atoms with Gasteiger partial charge in [0, 0.05) is 0 Å². The summed E-state index contributed by atoms with van der Waals surface area (Å²) >= 11 is 0. The predicted octanol–water partition coefficient (Wildman–Crippen LogP) is 1.30. The maximum absolute atomic E-state index is 11.5. The topological polar surface area (TPSA) is 43.4 Å². The van der Waals surface area contributed by atoms with Crippen LogP contribution in [-0.2, 0) is 14.0 Å². The Morgan fingerprint density at radius 2 is 1.93 bits per heavy atom. The first-order valence-electron chi connectivity index (χ1n) is 4.61. The third-order valence-corrected chi connectivity index (χ3v) is 5.52. The van der Waals surface area contributed by atoms with Gasteiger partial charge in [-0.1, -0.05) is 31.5 Å². The molecule has 0 bridgehead atoms. The Balaban J connectivity index is 2.67. The normalized spacial score (nSPS) is 12.4. The monoisotopic (exact) mass is 230 g/mol. The maximum Gasteiger partial charge on any atom is 0.286 e. The molecule has 0 aromatic heterocycles. The smallest absolute Gasteiger partial charge is 0.286 e. The van der Waals surface area contributed by atoms with Gasteiger partial charge in [0.15, 0.2) is 9.76 Å². The second kappa shape index (κ2) is 5.28. The summed E-state index contributed by atoms with van der Waals surface area (Å²) in [5.41, 5.74) is 0. The van der Waals surface area contributed by atoms with E-state index < -0.39 is 19.9 Å². The zero-order valence-corrected chi connectivity index (χ0v) is 10.4. The molecule has 0 amide bonds. The minimum Gasteiger partial charge on any atom is -0.319 e. The average molecular weight is 230 g/mol. The summed E-state index contributed by atoms with van der Waals surface area (Å²) < 4.78 is 28.0. The summed E-state index contributed by atoms with van der Waals surface area (Å²) in [4.78, 5) is 0.253. The van der Waals surface area contributed by atoms with E-state index in [1.807, 2.05) is 6.92 Å². The van der Waals surface area contributed by atoms with Crippen LogP contribution in [0.4, 0.5) is 0 Å². The van der Waals surface area contributed by atoms with E-state index in [9.17, 15) is 8.42 Å². The Kier molecular flexibility index (Phi) is 4.31. The molecule has 0 saturated carbocycles. The molecule has 1 rings (SSSR count). The van der Waals surface area contributed by atoms with E-state index in [2.05, 4.69) is 0 Å². The number of hydrogen-bond donors (Lipinski definition) is 0. The fourth-order valence-electron chi connectivity index (χ4n) is 0.968. The van der Waals surface area contributed by atoms with E-state index in [4.69, 9.17) is 3.87 Å². The van der Waals surface area contributed by atoms with Crippen molar-refractivity contribution in [1.29, 1.82) is 0 Å². The molecule has 1 aromatic carbocycles. The van der Waals surface area contributed by atoms with Crippen LogP contribution in [0.25, 0.3) is 0 Å². The molecule has 0 aliphatic carbocycles. The zero-order chi connectivity index (χ0) is 10.4. The van der Waals surface area contributed by atoms with Crippen molar-refractivity contribution in [2.24, 2.45) is 0 Å². The van der Waals surface area contributed by atoms with Gasteiger partial charge in [0.1, 0.15) is 0 Å². The van der Waals surface area contributed by atoms with Crippen molar-refractivity contribution in [2.45, 2.75) is 24.3 Å². The van der Waals surface area contributed by atoms with Gasteiger partial charge in [0.2, 0.25) is 0 Å². The molecule has 5 heteroatoms. The van der Waals surface area contributed by atoms with Gasteiger partial charge in [-0.3, -0.25) is 0 Å². The van der Waals surface area contributed by atoms with Gasteiger partial charge >= 0.3 is 0 Å². The van der Waals surface area contributed by atoms with Crippen molar-refractivity contribution < 1.29 is 12.3 Å². The largest absolute Gasteiger partial charge is 0.319 e. The lowest BCUT2D eigenvalue weighted by Crippen LogP contribution is -2.09. The molecule has 0 N–H and O–H groups in total. The molecule has 3 nitrogen and oxygen atoms in total. The zero-order valence-electron chi connectivity index (χ0n) is 8.14. The van der Waals surface area contributed by atoms with Crippen LogP contribution >= 0.6 is 0 Å². The molecule has 0 fully saturated rings. The second-order valence-corrected chi connectivity index (χ2v) is 6.38. The molecule has 0 heterocycles. The van der Waals surface area contributed by atoms with Crippen LogP contribution in [0.5, 0.6) is 0 Å². The summed E-state index contributed by atoms with van der Waals surface area (Å²) in [5.74, 6) is 0. The van der Waals surface area contributed by atoms with E-state index in [-0.39, 0.29) is 4.90 Å². The molecule has 0 aliphatic rings. The Labute approximate surface area is 87.2 Å². The molecule has 14 heavy (non-hydrogen) atoms. The van der Waals surface area contributed by atoms with Crippen LogP contribution < -0.4 is 0 Å². The van der Waals surface area contributed by atoms with Gasteiger partial charge in [-0.15, -0.1) is 0 Å². The average Bonchev–Trinajstić information content (AvgIpc) is 2.19. The van der Waals surface area contributed by atoms with Gasteiger partial charge in [-0.25, -0.2) is 0 Å². The molecule has 0 spiro atoms. The highest BCUT2D eigenvalue weighted by Gasteiger charge is 2.12. The SMILES string of the molecule is CCC[SiH2]OS(=O)(=O)c1ccccc1. The Morgan fingerprint density at radius 3 is 2.50 bits per heavy atom. The highest BCUT2D eigenvalue weighted by molar-refractivity contribution is 7.87. The van der Waals surface area contributed by atoms with Gasteiger partial charge in [-0.05, 0) is 18.2 Å². The van der Waals surface area contributed by atoms with E-state index in [0.29, 0.717) is 0 Å². The summed E-state index contributed by atoms with van der Waals surface area (Å²) in [6.07, 6.45) is 0.983. The van der Waals surface area contributed by atoms with Gasteiger partial charge < -0.3 is 3.87 Å². The van der Waals surface area contributed by atoms with Gasteiger partial charge in [0.05, 0.1) is 4.90 Å². The molecule has 0 aliphatic heterocycles. The Morgan fingerprint density at radius 1 is 1.29 bits per heavy atom. The fourth-order valence-corrected chi connectivity index (χ4v) is 3.64. The summed E-state index contributed by atoms with van der Waals surface area (Å²) in [6, 6.07) is 9.16. The van der Waals surface area contributed by atoms with E-state index in [1.54, 1.807) is 30.3 Å². The summed E-state index contributed by atoms with van der Waals surface area (Å²) in [6.45, 7) is 2.02. The maximum atomic E-state index is 11.5. The van der Waals surface area contributed by atoms with Crippen molar-refractivity contribution in [3.8, 4) is 0 Å². The molecule has 1 aromatic rings.